The minimum Gasteiger partial charge on any atom is -0.478 e. The zero-order chi connectivity index (χ0) is 10.6. The van der Waals surface area contributed by atoms with Crippen molar-refractivity contribution in [3.8, 4) is 0 Å². The van der Waals surface area contributed by atoms with Crippen LogP contribution in [-0.2, 0) is 4.79 Å². The van der Waals surface area contributed by atoms with Crippen LogP contribution < -0.4 is 0 Å². The smallest absolute Gasteiger partial charge is 0.327 e. The van der Waals surface area contributed by atoms with E-state index in [9.17, 15) is 4.79 Å². The molecule has 0 unspecified atom stereocenters. The normalized spacial score (nSPS) is 11.5. The van der Waals surface area contributed by atoms with Crippen molar-refractivity contribution in [1.29, 1.82) is 0 Å². The van der Waals surface area contributed by atoms with Crippen molar-refractivity contribution >= 4 is 5.97 Å². The number of hydrogen-bond acceptors (Lipinski definition) is 1. The molecule has 2 nitrogen and oxygen atoms in total. The fourth-order valence-electron chi connectivity index (χ4n) is 1.23. The minimum atomic E-state index is -0.849. The quantitative estimate of drug-likeness (QED) is 0.366. The van der Waals surface area contributed by atoms with Gasteiger partial charge in [-0.1, -0.05) is 31.1 Å². The summed E-state index contributed by atoms with van der Waals surface area (Å²) in [5, 5.41) is 8.32. The van der Waals surface area contributed by atoms with Crippen molar-refractivity contribution in [3.05, 3.63) is 24.3 Å². The molecule has 14 heavy (non-hydrogen) atoms. The lowest BCUT2D eigenvalue weighted by molar-refractivity contribution is -0.131. The molecule has 1 N–H and O–H groups in total. The Hall–Kier alpha value is -1.05. The number of hydrogen-bond donors (Lipinski definition) is 1. The number of rotatable bonds is 8. The van der Waals surface area contributed by atoms with Crippen LogP contribution in [0.3, 0.4) is 0 Å². The summed E-state index contributed by atoms with van der Waals surface area (Å²) in [6, 6.07) is 0. The third-order valence-electron chi connectivity index (χ3n) is 1.99. The van der Waals surface area contributed by atoms with Crippen LogP contribution in [-0.4, -0.2) is 11.1 Å². The van der Waals surface area contributed by atoms with Crippen LogP contribution in [0.2, 0.25) is 0 Å². The molecular formula is C12H20O2. The highest BCUT2D eigenvalue weighted by Crippen LogP contribution is 2.06. The number of unbranched alkanes of at least 4 members (excludes halogenated alkanes) is 5. The highest BCUT2D eigenvalue weighted by Gasteiger charge is 1.88. The Balaban J connectivity index is 3.10. The highest BCUT2D eigenvalue weighted by atomic mass is 16.4. The van der Waals surface area contributed by atoms with Crippen molar-refractivity contribution in [1.82, 2.24) is 0 Å². The van der Waals surface area contributed by atoms with Gasteiger partial charge in [-0.2, -0.15) is 0 Å². The fraction of sp³-hybridized carbons (Fsp3) is 0.583. The Morgan fingerprint density at radius 3 is 2.14 bits per heavy atom. The van der Waals surface area contributed by atoms with Crippen LogP contribution in [0.4, 0.5) is 0 Å². The number of aliphatic carboxylic acids is 1. The average molecular weight is 196 g/mol. The van der Waals surface area contributed by atoms with Gasteiger partial charge >= 0.3 is 5.97 Å². The third-order valence-corrected chi connectivity index (χ3v) is 1.99. The number of carboxylic acids is 1. The Morgan fingerprint density at radius 2 is 1.64 bits per heavy atom. The zero-order valence-electron chi connectivity index (χ0n) is 8.91. The molecule has 0 atom stereocenters. The monoisotopic (exact) mass is 196 g/mol. The number of allylic oxidation sites excluding steroid dienone is 3. The van der Waals surface area contributed by atoms with Gasteiger partial charge in [-0.15, -0.1) is 0 Å². The molecule has 0 rings (SSSR count). The summed E-state index contributed by atoms with van der Waals surface area (Å²) in [6.07, 6.45) is 14.0. The largest absolute Gasteiger partial charge is 0.478 e. The summed E-state index contributed by atoms with van der Waals surface area (Å²) >= 11 is 0. The SMILES string of the molecule is CC=CCCCCCCC=CC(=O)O. The van der Waals surface area contributed by atoms with Gasteiger partial charge < -0.3 is 5.11 Å². The van der Waals surface area contributed by atoms with Gasteiger partial charge in [-0.25, -0.2) is 4.79 Å². The summed E-state index contributed by atoms with van der Waals surface area (Å²) in [4.78, 5) is 10.1. The van der Waals surface area contributed by atoms with Crippen molar-refractivity contribution in [2.75, 3.05) is 0 Å². The topological polar surface area (TPSA) is 37.3 Å². The molecule has 0 aliphatic heterocycles. The van der Waals surface area contributed by atoms with Gasteiger partial charge in [-0.3, -0.25) is 0 Å². The summed E-state index contributed by atoms with van der Waals surface area (Å²) in [6.45, 7) is 2.04. The third kappa shape index (κ3) is 11.0. The van der Waals surface area contributed by atoms with Gasteiger partial charge in [0.05, 0.1) is 0 Å². The second-order valence-corrected chi connectivity index (χ2v) is 3.30. The van der Waals surface area contributed by atoms with Crippen LogP contribution in [0.1, 0.15) is 45.4 Å². The molecule has 0 saturated carbocycles. The summed E-state index contributed by atoms with van der Waals surface area (Å²) < 4.78 is 0. The predicted octanol–water partition coefficient (Wildman–Crippen LogP) is 3.54. The molecular weight excluding hydrogens is 176 g/mol. The Morgan fingerprint density at radius 1 is 1.07 bits per heavy atom. The van der Waals surface area contributed by atoms with Crippen molar-refractivity contribution in [3.63, 3.8) is 0 Å². The van der Waals surface area contributed by atoms with Gasteiger partial charge in [0.1, 0.15) is 0 Å². The van der Waals surface area contributed by atoms with E-state index in [0.29, 0.717) is 0 Å². The lowest BCUT2D eigenvalue weighted by Crippen LogP contribution is -1.85. The van der Waals surface area contributed by atoms with Crippen molar-refractivity contribution < 1.29 is 9.90 Å². The molecule has 0 fully saturated rings. The number of carboxylic acid groups (broad SMARTS) is 1. The first kappa shape index (κ1) is 12.9. The van der Waals surface area contributed by atoms with E-state index in [1.54, 1.807) is 6.08 Å². The molecule has 0 aromatic heterocycles. The Bertz CT molecular complexity index is 192. The Labute approximate surface area is 86.3 Å². The maximum atomic E-state index is 10.1. The second-order valence-electron chi connectivity index (χ2n) is 3.30. The van der Waals surface area contributed by atoms with E-state index in [1.807, 2.05) is 6.92 Å². The van der Waals surface area contributed by atoms with Crippen LogP contribution in [0.15, 0.2) is 24.3 Å². The molecule has 0 aliphatic rings. The van der Waals surface area contributed by atoms with E-state index in [1.165, 1.54) is 31.8 Å². The fourth-order valence-corrected chi connectivity index (χ4v) is 1.23. The molecule has 80 valence electrons. The van der Waals surface area contributed by atoms with E-state index in [4.69, 9.17) is 5.11 Å². The maximum absolute atomic E-state index is 10.1. The van der Waals surface area contributed by atoms with Crippen molar-refractivity contribution in [2.24, 2.45) is 0 Å². The molecule has 0 amide bonds. The van der Waals surface area contributed by atoms with Gasteiger partial charge in [-0.05, 0) is 32.6 Å². The molecule has 2 heteroatoms. The maximum Gasteiger partial charge on any atom is 0.327 e. The predicted molar refractivity (Wildman–Crippen MR) is 59.3 cm³/mol. The molecule has 0 aromatic rings. The van der Waals surface area contributed by atoms with Crippen LogP contribution in [0.25, 0.3) is 0 Å². The van der Waals surface area contributed by atoms with E-state index in [0.717, 1.165) is 12.8 Å². The van der Waals surface area contributed by atoms with Gasteiger partial charge in [0.25, 0.3) is 0 Å². The lowest BCUT2D eigenvalue weighted by Gasteiger charge is -1.96. The molecule has 0 aromatic carbocycles. The standard InChI is InChI=1S/C12H20O2/c1-2-3-4-5-6-7-8-9-10-11-12(13)14/h2-3,10-11H,4-9H2,1H3,(H,13,14). The molecule has 0 bridgehead atoms. The van der Waals surface area contributed by atoms with Crippen LogP contribution in [0.5, 0.6) is 0 Å². The summed E-state index contributed by atoms with van der Waals surface area (Å²) in [5.74, 6) is -0.849. The van der Waals surface area contributed by atoms with Crippen LogP contribution >= 0.6 is 0 Å². The first-order valence-electron chi connectivity index (χ1n) is 5.28. The van der Waals surface area contributed by atoms with Crippen LogP contribution in [0, 0.1) is 0 Å². The van der Waals surface area contributed by atoms with Gasteiger partial charge in [0.2, 0.25) is 0 Å². The molecule has 0 heterocycles. The lowest BCUT2D eigenvalue weighted by atomic mass is 10.1. The Kier molecular flexibility index (Phi) is 9.28. The van der Waals surface area contributed by atoms with E-state index in [-0.39, 0.29) is 0 Å². The first-order valence-corrected chi connectivity index (χ1v) is 5.28. The summed E-state index contributed by atoms with van der Waals surface area (Å²) in [7, 11) is 0. The molecule has 0 radical (unpaired) electrons. The second kappa shape index (κ2) is 10.0. The van der Waals surface area contributed by atoms with E-state index < -0.39 is 5.97 Å². The van der Waals surface area contributed by atoms with E-state index in [2.05, 4.69) is 12.2 Å². The number of carbonyl (C=O) groups is 1. The highest BCUT2D eigenvalue weighted by molar-refractivity contribution is 5.79. The molecule has 0 spiro atoms. The van der Waals surface area contributed by atoms with Crippen molar-refractivity contribution in [2.45, 2.75) is 45.4 Å². The first-order chi connectivity index (χ1) is 6.77. The molecule has 0 saturated heterocycles. The average Bonchev–Trinajstić information content (AvgIpc) is 2.15. The van der Waals surface area contributed by atoms with Gasteiger partial charge in [0, 0.05) is 6.08 Å². The van der Waals surface area contributed by atoms with E-state index >= 15 is 0 Å². The minimum absolute atomic E-state index is 0.849. The van der Waals surface area contributed by atoms with Gasteiger partial charge in [0.15, 0.2) is 0 Å². The summed E-state index contributed by atoms with van der Waals surface area (Å²) in [5.41, 5.74) is 0. The zero-order valence-corrected chi connectivity index (χ0v) is 8.91. The molecule has 0 aliphatic carbocycles.